The van der Waals surface area contributed by atoms with Crippen LogP contribution in [0.5, 0.6) is 0 Å². The number of likely N-dealkylation sites (N-methyl/N-ethyl adjacent to an activating group) is 1. The van der Waals surface area contributed by atoms with Gasteiger partial charge in [0.2, 0.25) is 0 Å². The molecule has 0 atom stereocenters. The highest BCUT2D eigenvalue weighted by molar-refractivity contribution is 6.55. The fraction of sp³-hybridized carbons (Fsp3) is 0.556. The molecule has 0 saturated carbocycles. The third kappa shape index (κ3) is 4.04. The first-order chi connectivity index (χ1) is 10.8. The second kappa shape index (κ2) is 7.18. The molecule has 0 unspecified atom stereocenters. The molecule has 0 spiro atoms. The topological polar surface area (TPSA) is 56.5 Å². The van der Waals surface area contributed by atoms with Crippen LogP contribution in [0.15, 0.2) is 29.7 Å². The van der Waals surface area contributed by atoms with Crippen molar-refractivity contribution in [1.29, 1.82) is 0 Å². The minimum absolute atomic E-state index is 0.332. The van der Waals surface area contributed by atoms with Crippen LogP contribution in [0, 0.1) is 0 Å². The lowest BCUT2D eigenvalue weighted by Crippen LogP contribution is -2.41. The summed E-state index contributed by atoms with van der Waals surface area (Å²) in [4.78, 5) is 0. The minimum atomic E-state index is -0.335. The normalized spacial score (nSPS) is 20.1. The Hall–Kier alpha value is -1.14. The van der Waals surface area contributed by atoms with Crippen LogP contribution in [0.2, 0.25) is 0 Å². The Morgan fingerprint density at radius 3 is 2.35 bits per heavy atom. The molecular formula is C18H29BN2O2. The number of hydrogen-bond donors (Lipinski definition) is 2. The van der Waals surface area contributed by atoms with Gasteiger partial charge in [0, 0.05) is 6.54 Å². The third-order valence-corrected chi connectivity index (χ3v) is 4.75. The van der Waals surface area contributed by atoms with Gasteiger partial charge in [0.1, 0.15) is 0 Å². The summed E-state index contributed by atoms with van der Waals surface area (Å²) >= 11 is 0. The van der Waals surface area contributed by atoms with E-state index in [0.717, 1.165) is 11.9 Å². The molecule has 0 aliphatic carbocycles. The molecule has 1 aliphatic rings. The van der Waals surface area contributed by atoms with E-state index in [0.29, 0.717) is 13.1 Å². The zero-order valence-electron chi connectivity index (χ0n) is 15.0. The summed E-state index contributed by atoms with van der Waals surface area (Å²) in [5.41, 5.74) is 8.59. The Morgan fingerprint density at radius 1 is 1.17 bits per heavy atom. The summed E-state index contributed by atoms with van der Waals surface area (Å²) in [6.45, 7) is 9.66. The largest absolute Gasteiger partial charge is 0.491 e. The summed E-state index contributed by atoms with van der Waals surface area (Å²) < 4.78 is 12.4. The van der Waals surface area contributed by atoms with Crippen LogP contribution in [0.25, 0.3) is 6.08 Å². The first-order valence-corrected chi connectivity index (χ1v) is 8.29. The van der Waals surface area contributed by atoms with Crippen LogP contribution in [0.3, 0.4) is 0 Å². The zero-order chi connectivity index (χ0) is 17.1. The zero-order valence-corrected chi connectivity index (χ0v) is 15.0. The maximum atomic E-state index is 6.20. The summed E-state index contributed by atoms with van der Waals surface area (Å²) in [7, 11) is 1.60. The Kier molecular flexibility index (Phi) is 5.68. The first kappa shape index (κ1) is 18.2. The lowest BCUT2D eigenvalue weighted by atomic mass is 9.76. The second-order valence-electron chi connectivity index (χ2n) is 7.08. The van der Waals surface area contributed by atoms with E-state index in [-0.39, 0.29) is 18.3 Å². The molecule has 1 aliphatic heterocycles. The monoisotopic (exact) mass is 316 g/mol. The minimum Gasteiger partial charge on any atom is -0.400 e. The Labute approximate surface area is 140 Å². The van der Waals surface area contributed by atoms with Crippen LogP contribution >= 0.6 is 0 Å². The molecule has 2 rings (SSSR count). The standard InChI is InChI=1S/C18H29BN2O2/c1-17(2)18(3,4)23-19(22-17)16(13-21-5)12-15-9-7-6-8-14(15)10-11-20/h6-9,12,21H,10-11,13,20H2,1-5H3. The number of benzene rings is 1. The molecule has 0 amide bonds. The molecule has 0 radical (unpaired) electrons. The van der Waals surface area contributed by atoms with Crippen LogP contribution in [0.1, 0.15) is 38.8 Å². The average Bonchev–Trinajstić information content (AvgIpc) is 2.69. The first-order valence-electron chi connectivity index (χ1n) is 8.29. The molecule has 1 saturated heterocycles. The van der Waals surface area contributed by atoms with Crippen LogP contribution in [-0.4, -0.2) is 38.5 Å². The van der Waals surface area contributed by atoms with Crippen LogP contribution in [0.4, 0.5) is 0 Å². The number of nitrogens with two attached hydrogens (primary N) is 1. The van der Waals surface area contributed by atoms with E-state index in [1.165, 1.54) is 11.1 Å². The molecule has 126 valence electrons. The van der Waals surface area contributed by atoms with Crippen molar-refractivity contribution in [3.05, 3.63) is 40.9 Å². The maximum Gasteiger partial charge on any atom is 0.491 e. The molecule has 4 nitrogen and oxygen atoms in total. The number of rotatable bonds is 6. The molecule has 23 heavy (non-hydrogen) atoms. The lowest BCUT2D eigenvalue weighted by Gasteiger charge is -2.32. The predicted octanol–water partition coefficient (Wildman–Crippen LogP) is 2.42. The van der Waals surface area contributed by atoms with Crippen molar-refractivity contribution in [2.45, 2.75) is 45.3 Å². The fourth-order valence-corrected chi connectivity index (χ4v) is 2.66. The Balaban J connectivity index is 2.33. The Bertz CT molecular complexity index is 554. The molecule has 3 N–H and O–H groups in total. The van der Waals surface area contributed by atoms with E-state index in [9.17, 15) is 0 Å². The lowest BCUT2D eigenvalue weighted by molar-refractivity contribution is 0.00578. The van der Waals surface area contributed by atoms with E-state index in [2.05, 4.69) is 57.3 Å². The Morgan fingerprint density at radius 2 is 1.78 bits per heavy atom. The quantitative estimate of drug-likeness (QED) is 0.792. The van der Waals surface area contributed by atoms with E-state index >= 15 is 0 Å². The van der Waals surface area contributed by atoms with Gasteiger partial charge in [0.05, 0.1) is 11.2 Å². The van der Waals surface area contributed by atoms with E-state index < -0.39 is 0 Å². The van der Waals surface area contributed by atoms with Crippen LogP contribution in [-0.2, 0) is 15.7 Å². The van der Waals surface area contributed by atoms with Crippen molar-refractivity contribution in [3.63, 3.8) is 0 Å². The highest BCUT2D eigenvalue weighted by atomic mass is 16.7. The molecule has 1 heterocycles. The van der Waals surface area contributed by atoms with Gasteiger partial charge in [-0.25, -0.2) is 0 Å². The molecular weight excluding hydrogens is 287 g/mol. The predicted molar refractivity (Wildman–Crippen MR) is 97.2 cm³/mol. The van der Waals surface area contributed by atoms with Gasteiger partial charge in [0.25, 0.3) is 0 Å². The van der Waals surface area contributed by atoms with Crippen molar-refractivity contribution in [1.82, 2.24) is 5.32 Å². The van der Waals surface area contributed by atoms with E-state index in [4.69, 9.17) is 15.0 Å². The van der Waals surface area contributed by atoms with Gasteiger partial charge in [-0.15, -0.1) is 0 Å². The molecule has 0 aromatic heterocycles. The summed E-state index contributed by atoms with van der Waals surface area (Å²) in [6, 6.07) is 8.34. The molecule has 1 aromatic rings. The highest BCUT2D eigenvalue weighted by Gasteiger charge is 2.52. The van der Waals surface area contributed by atoms with Gasteiger partial charge < -0.3 is 20.4 Å². The molecule has 0 bridgehead atoms. The van der Waals surface area contributed by atoms with Gasteiger partial charge in [-0.2, -0.15) is 0 Å². The van der Waals surface area contributed by atoms with Crippen molar-refractivity contribution in [2.75, 3.05) is 20.1 Å². The van der Waals surface area contributed by atoms with Crippen molar-refractivity contribution in [2.24, 2.45) is 5.73 Å². The summed E-state index contributed by atoms with van der Waals surface area (Å²) in [5, 5.41) is 3.22. The van der Waals surface area contributed by atoms with Gasteiger partial charge in [-0.05, 0) is 64.3 Å². The fourth-order valence-electron chi connectivity index (χ4n) is 2.66. The molecule has 1 aromatic carbocycles. The number of nitrogens with one attached hydrogen (secondary N) is 1. The van der Waals surface area contributed by atoms with Gasteiger partial charge in [-0.1, -0.05) is 30.3 Å². The van der Waals surface area contributed by atoms with Gasteiger partial charge >= 0.3 is 7.12 Å². The highest BCUT2D eigenvalue weighted by Crippen LogP contribution is 2.38. The summed E-state index contributed by atoms with van der Waals surface area (Å²) in [5.74, 6) is 0. The molecule has 1 fully saturated rings. The molecule has 5 heteroatoms. The SMILES string of the molecule is CNCC(=Cc1ccccc1CCN)B1OC(C)(C)C(C)(C)O1. The second-order valence-corrected chi connectivity index (χ2v) is 7.08. The van der Waals surface area contributed by atoms with Crippen molar-refractivity contribution >= 4 is 13.2 Å². The van der Waals surface area contributed by atoms with Gasteiger partial charge in [-0.3, -0.25) is 0 Å². The van der Waals surface area contributed by atoms with E-state index in [1.54, 1.807) is 0 Å². The average molecular weight is 316 g/mol. The third-order valence-electron chi connectivity index (χ3n) is 4.75. The number of hydrogen-bond acceptors (Lipinski definition) is 4. The van der Waals surface area contributed by atoms with Crippen molar-refractivity contribution < 1.29 is 9.31 Å². The van der Waals surface area contributed by atoms with Gasteiger partial charge in [0.15, 0.2) is 0 Å². The van der Waals surface area contributed by atoms with Crippen molar-refractivity contribution in [3.8, 4) is 0 Å². The summed E-state index contributed by atoms with van der Waals surface area (Å²) in [6.07, 6.45) is 3.03. The maximum absolute atomic E-state index is 6.20. The van der Waals surface area contributed by atoms with Crippen LogP contribution < -0.4 is 11.1 Å². The van der Waals surface area contributed by atoms with E-state index in [1.807, 2.05) is 13.1 Å². The smallest absolute Gasteiger partial charge is 0.400 e.